The number of likely N-dealkylation sites (tertiary alicyclic amines) is 1. The number of nitrogens with one attached hydrogen (secondary N) is 1. The summed E-state index contributed by atoms with van der Waals surface area (Å²) >= 11 is 0. The van der Waals surface area contributed by atoms with Crippen LogP contribution < -0.4 is 5.32 Å². The first-order valence-electron chi connectivity index (χ1n) is 8.44. The van der Waals surface area contributed by atoms with Gasteiger partial charge in [-0.05, 0) is 76.9 Å². The van der Waals surface area contributed by atoms with Gasteiger partial charge in [-0.25, -0.2) is 0 Å². The molecule has 3 unspecified atom stereocenters. The number of hydrogen-bond acceptors (Lipinski definition) is 3. The van der Waals surface area contributed by atoms with Crippen LogP contribution in [-0.2, 0) is 0 Å². The highest BCUT2D eigenvalue weighted by atomic mass is 15.2. The average molecular weight is 277 g/mol. The van der Waals surface area contributed by atoms with Crippen LogP contribution in [0.25, 0.3) is 0 Å². The zero-order valence-corrected chi connectivity index (χ0v) is 13.5. The lowest BCUT2D eigenvalue weighted by Gasteiger charge is -2.41. The van der Waals surface area contributed by atoms with E-state index in [1.165, 1.54) is 45.2 Å². The second kappa shape index (κ2) is 6.91. The van der Waals surface area contributed by atoms with Crippen molar-refractivity contribution >= 4 is 0 Å². The lowest BCUT2D eigenvalue weighted by molar-refractivity contribution is 0.124. The maximum atomic E-state index is 9.50. The molecule has 0 aromatic rings. The second-order valence-electron chi connectivity index (χ2n) is 7.17. The molecule has 0 spiro atoms. The van der Waals surface area contributed by atoms with Crippen LogP contribution in [0.15, 0.2) is 0 Å². The van der Waals surface area contributed by atoms with E-state index >= 15 is 0 Å². The molecule has 1 aliphatic carbocycles. The monoisotopic (exact) mass is 277 g/mol. The number of hydrogen-bond donors (Lipinski definition) is 1. The van der Waals surface area contributed by atoms with E-state index in [-0.39, 0.29) is 5.54 Å². The van der Waals surface area contributed by atoms with Crippen molar-refractivity contribution in [1.82, 2.24) is 10.2 Å². The Morgan fingerprint density at radius 1 is 1.20 bits per heavy atom. The minimum absolute atomic E-state index is 0.271. The molecule has 1 heterocycles. The summed E-state index contributed by atoms with van der Waals surface area (Å²) < 4.78 is 0. The van der Waals surface area contributed by atoms with Gasteiger partial charge in [0.15, 0.2) is 0 Å². The molecule has 3 heteroatoms. The average Bonchev–Trinajstić information content (AvgIpc) is 2.73. The fraction of sp³-hybridized carbons (Fsp3) is 0.941. The van der Waals surface area contributed by atoms with Crippen LogP contribution in [0.5, 0.6) is 0 Å². The SMILES string of the molecule is CNC1(C#N)CCCC(N2CCCC(C(C)C)CC2)C1. The van der Waals surface area contributed by atoms with Gasteiger partial charge in [0.2, 0.25) is 0 Å². The van der Waals surface area contributed by atoms with E-state index in [2.05, 4.69) is 30.1 Å². The van der Waals surface area contributed by atoms with Gasteiger partial charge < -0.3 is 10.2 Å². The summed E-state index contributed by atoms with van der Waals surface area (Å²) in [4.78, 5) is 2.69. The topological polar surface area (TPSA) is 39.1 Å². The van der Waals surface area contributed by atoms with Crippen molar-refractivity contribution < 1.29 is 0 Å². The molecule has 0 radical (unpaired) electrons. The van der Waals surface area contributed by atoms with Crippen LogP contribution in [0.4, 0.5) is 0 Å². The van der Waals surface area contributed by atoms with Gasteiger partial charge in [0.1, 0.15) is 5.54 Å². The van der Waals surface area contributed by atoms with Gasteiger partial charge in [-0.2, -0.15) is 5.26 Å². The van der Waals surface area contributed by atoms with Crippen LogP contribution in [0.1, 0.15) is 58.8 Å². The Morgan fingerprint density at radius 2 is 2.00 bits per heavy atom. The van der Waals surface area contributed by atoms with Crippen molar-refractivity contribution in [3.05, 3.63) is 0 Å². The van der Waals surface area contributed by atoms with Crippen molar-refractivity contribution in [3.8, 4) is 6.07 Å². The summed E-state index contributed by atoms with van der Waals surface area (Å²) in [7, 11) is 1.95. The van der Waals surface area contributed by atoms with Gasteiger partial charge in [-0.3, -0.25) is 0 Å². The number of rotatable bonds is 3. The summed E-state index contributed by atoms with van der Waals surface area (Å²) in [6.07, 6.45) is 8.54. The van der Waals surface area contributed by atoms with E-state index in [9.17, 15) is 5.26 Å². The minimum atomic E-state index is -0.271. The molecule has 3 atom stereocenters. The first-order valence-corrected chi connectivity index (χ1v) is 8.44. The molecule has 0 aromatic heterocycles. The molecule has 1 saturated carbocycles. The number of nitriles is 1. The van der Waals surface area contributed by atoms with Gasteiger partial charge in [-0.15, -0.1) is 0 Å². The molecule has 2 rings (SSSR count). The van der Waals surface area contributed by atoms with E-state index in [4.69, 9.17) is 0 Å². The lowest BCUT2D eigenvalue weighted by atomic mass is 9.79. The van der Waals surface area contributed by atoms with Crippen molar-refractivity contribution in [2.24, 2.45) is 11.8 Å². The van der Waals surface area contributed by atoms with E-state index in [0.717, 1.165) is 24.7 Å². The van der Waals surface area contributed by atoms with E-state index in [1.807, 2.05) is 7.05 Å². The van der Waals surface area contributed by atoms with Crippen LogP contribution in [-0.4, -0.2) is 36.6 Å². The largest absolute Gasteiger partial charge is 0.302 e. The van der Waals surface area contributed by atoms with Gasteiger partial charge in [0, 0.05) is 6.04 Å². The second-order valence-corrected chi connectivity index (χ2v) is 7.17. The van der Waals surface area contributed by atoms with Crippen molar-refractivity contribution in [2.75, 3.05) is 20.1 Å². The quantitative estimate of drug-likeness (QED) is 0.861. The molecule has 20 heavy (non-hydrogen) atoms. The smallest absolute Gasteiger partial charge is 0.108 e. The molecule has 2 fully saturated rings. The first-order chi connectivity index (χ1) is 9.60. The highest BCUT2D eigenvalue weighted by Crippen LogP contribution is 2.33. The molecule has 2 aliphatic rings. The minimum Gasteiger partial charge on any atom is -0.302 e. The third-order valence-electron chi connectivity index (χ3n) is 5.68. The highest BCUT2D eigenvalue weighted by molar-refractivity contribution is 5.10. The van der Waals surface area contributed by atoms with Crippen LogP contribution in [0, 0.1) is 23.2 Å². The molecule has 0 amide bonds. The Balaban J connectivity index is 1.96. The highest BCUT2D eigenvalue weighted by Gasteiger charge is 2.37. The molecular weight excluding hydrogens is 246 g/mol. The lowest BCUT2D eigenvalue weighted by Crippen LogP contribution is -2.51. The Labute approximate surface area is 124 Å². The standard InChI is InChI=1S/C17H31N3/c1-14(2)15-6-5-10-20(11-8-15)16-7-4-9-17(12-16,13-18)19-3/h14-16,19H,4-12H2,1-3H3. The fourth-order valence-electron chi connectivity index (χ4n) is 4.12. The first kappa shape index (κ1) is 15.8. The number of nitrogens with zero attached hydrogens (tertiary/aromatic N) is 2. The summed E-state index contributed by atoms with van der Waals surface area (Å²) in [5.41, 5.74) is -0.271. The van der Waals surface area contributed by atoms with Gasteiger partial charge in [0.05, 0.1) is 6.07 Å². The molecule has 1 aliphatic heterocycles. The zero-order chi connectivity index (χ0) is 14.6. The van der Waals surface area contributed by atoms with Crippen molar-refractivity contribution in [2.45, 2.75) is 70.4 Å². The Kier molecular flexibility index (Phi) is 5.46. The molecule has 114 valence electrons. The molecular formula is C17H31N3. The maximum absolute atomic E-state index is 9.50. The Bertz CT molecular complexity index is 347. The van der Waals surface area contributed by atoms with Crippen molar-refractivity contribution in [3.63, 3.8) is 0 Å². The third kappa shape index (κ3) is 3.54. The summed E-state index contributed by atoms with van der Waals surface area (Å²) in [6, 6.07) is 3.15. The van der Waals surface area contributed by atoms with Gasteiger partial charge >= 0.3 is 0 Å². The molecule has 0 bridgehead atoms. The normalized spacial score (nSPS) is 36.5. The van der Waals surface area contributed by atoms with Gasteiger partial charge in [0.25, 0.3) is 0 Å². The van der Waals surface area contributed by atoms with Gasteiger partial charge in [-0.1, -0.05) is 13.8 Å². The maximum Gasteiger partial charge on any atom is 0.108 e. The van der Waals surface area contributed by atoms with Crippen LogP contribution >= 0.6 is 0 Å². The zero-order valence-electron chi connectivity index (χ0n) is 13.5. The predicted molar refractivity (Wildman–Crippen MR) is 83.4 cm³/mol. The predicted octanol–water partition coefficient (Wildman–Crippen LogP) is 3.17. The molecule has 1 saturated heterocycles. The summed E-state index contributed by atoms with van der Waals surface area (Å²) in [5, 5.41) is 12.8. The molecule has 0 aromatic carbocycles. The Morgan fingerprint density at radius 3 is 2.65 bits per heavy atom. The summed E-state index contributed by atoms with van der Waals surface area (Å²) in [6.45, 7) is 7.20. The van der Waals surface area contributed by atoms with Crippen LogP contribution in [0.2, 0.25) is 0 Å². The van der Waals surface area contributed by atoms with E-state index < -0.39 is 0 Å². The molecule has 3 nitrogen and oxygen atoms in total. The Hall–Kier alpha value is -0.590. The van der Waals surface area contributed by atoms with Crippen LogP contribution in [0.3, 0.4) is 0 Å². The third-order valence-corrected chi connectivity index (χ3v) is 5.68. The van der Waals surface area contributed by atoms with Crippen molar-refractivity contribution in [1.29, 1.82) is 5.26 Å². The van der Waals surface area contributed by atoms with E-state index in [0.29, 0.717) is 6.04 Å². The summed E-state index contributed by atoms with van der Waals surface area (Å²) in [5.74, 6) is 1.71. The molecule has 1 N–H and O–H groups in total. The fourth-order valence-corrected chi connectivity index (χ4v) is 4.12. The van der Waals surface area contributed by atoms with E-state index in [1.54, 1.807) is 0 Å².